The molecular weight excluding hydrogens is 427 g/mol. The molecule has 0 saturated carbocycles. The molecule has 0 aromatic rings. The number of aliphatic imine (C=N–C) groups is 1. The lowest BCUT2D eigenvalue weighted by Crippen LogP contribution is -2.50. The SMILES string of the molecule is CN=C(N(C)C)[N+](C)(C)C.O=P([O-])(C(F)(F)C(F)(F)F)C(F)(F)C(F)(F)F. The maximum absolute atomic E-state index is 12.1. The molecule has 0 heterocycles. The Kier molecular flexibility index (Phi) is 8.45. The van der Waals surface area contributed by atoms with Gasteiger partial charge in [0.2, 0.25) is 0 Å². The zero-order valence-corrected chi connectivity index (χ0v) is 15.8. The van der Waals surface area contributed by atoms with Crippen molar-refractivity contribution in [1.29, 1.82) is 0 Å². The van der Waals surface area contributed by atoms with Crippen LogP contribution in [0.3, 0.4) is 0 Å². The van der Waals surface area contributed by atoms with Crippen molar-refractivity contribution in [3.8, 4) is 0 Å². The highest BCUT2D eigenvalue weighted by Crippen LogP contribution is 2.72. The first kappa shape index (κ1) is 28.1. The van der Waals surface area contributed by atoms with Crippen molar-refractivity contribution in [3.05, 3.63) is 0 Å². The van der Waals surface area contributed by atoms with E-state index in [1.165, 1.54) is 0 Å². The standard InChI is InChI=1S/C7H18N3.C4HF10O2P/c1-8-7(9(2)3)10(4,5)6;5-1(6,7)3(11,12)17(15,16)4(13,14)2(8,9)10/h1-6H3;(H,15,16)/q+1;/p-1. The van der Waals surface area contributed by atoms with Gasteiger partial charge in [0.05, 0.1) is 21.1 Å². The molecule has 16 heteroatoms. The second-order valence-corrected chi connectivity index (χ2v) is 8.29. The lowest BCUT2D eigenvalue weighted by molar-refractivity contribution is -0.782. The lowest BCUT2D eigenvalue weighted by atomic mass is 10.6. The largest absolute Gasteiger partial charge is 0.790 e. The maximum atomic E-state index is 12.1. The highest BCUT2D eigenvalue weighted by Gasteiger charge is 2.78. The summed E-state index contributed by atoms with van der Waals surface area (Å²) in [6.07, 6.45) is -14.2. The van der Waals surface area contributed by atoms with Crippen LogP contribution in [0.1, 0.15) is 0 Å². The van der Waals surface area contributed by atoms with E-state index in [-0.39, 0.29) is 0 Å². The molecule has 0 atom stereocenters. The van der Waals surface area contributed by atoms with Crippen LogP contribution in [-0.4, -0.2) is 81.3 Å². The molecule has 0 aromatic carbocycles. The van der Waals surface area contributed by atoms with Gasteiger partial charge in [0.25, 0.3) is 5.96 Å². The number of hydrogen-bond acceptors (Lipinski definition) is 3. The maximum Gasteiger partial charge on any atom is 0.459 e. The van der Waals surface area contributed by atoms with Crippen molar-refractivity contribution in [2.75, 3.05) is 42.3 Å². The minimum absolute atomic E-state index is 0.767. The van der Waals surface area contributed by atoms with Crippen molar-refractivity contribution in [2.24, 2.45) is 4.99 Å². The van der Waals surface area contributed by atoms with E-state index in [0.717, 1.165) is 10.4 Å². The Morgan fingerprint density at radius 1 is 0.852 bits per heavy atom. The molecule has 0 bridgehead atoms. The molecule has 0 aromatic heterocycles. The minimum atomic E-state index is -8.51. The lowest BCUT2D eigenvalue weighted by Gasteiger charge is -2.38. The highest BCUT2D eigenvalue weighted by atomic mass is 31.2. The van der Waals surface area contributed by atoms with Crippen LogP contribution in [0.15, 0.2) is 4.99 Å². The Hall–Kier alpha value is -1.08. The molecule has 27 heavy (non-hydrogen) atoms. The first-order valence-corrected chi connectivity index (χ1v) is 8.18. The topological polar surface area (TPSA) is 55.7 Å². The van der Waals surface area contributed by atoms with Gasteiger partial charge in [-0.3, -0.25) is 4.48 Å². The molecule has 0 amide bonds. The van der Waals surface area contributed by atoms with E-state index in [1.807, 2.05) is 26.0 Å². The van der Waals surface area contributed by atoms with Crippen molar-refractivity contribution in [1.82, 2.24) is 4.90 Å². The Balaban J connectivity index is 0. The Morgan fingerprint density at radius 3 is 1.19 bits per heavy atom. The van der Waals surface area contributed by atoms with Crippen LogP contribution in [0.4, 0.5) is 43.9 Å². The third-order valence-corrected chi connectivity index (χ3v) is 4.61. The normalized spacial score (nSPS) is 15.2. The first-order valence-electron chi connectivity index (χ1n) is 6.56. The summed E-state index contributed by atoms with van der Waals surface area (Å²) in [4.78, 5) is 16.3. The minimum Gasteiger partial charge on any atom is -0.790 e. The van der Waals surface area contributed by atoms with Gasteiger partial charge >= 0.3 is 23.7 Å². The van der Waals surface area contributed by atoms with E-state index in [2.05, 4.69) is 26.1 Å². The molecule has 0 aliphatic carbocycles. The van der Waals surface area contributed by atoms with Gasteiger partial charge in [0.15, 0.2) is 7.37 Å². The van der Waals surface area contributed by atoms with Gasteiger partial charge in [0, 0.05) is 21.1 Å². The molecular formula is C11H18F10N3O2P. The van der Waals surface area contributed by atoms with Crippen molar-refractivity contribution in [3.63, 3.8) is 0 Å². The zero-order chi connectivity index (χ0) is 22.9. The third kappa shape index (κ3) is 5.95. The number of hydrogen-bond donors (Lipinski definition) is 0. The van der Waals surface area contributed by atoms with Crippen LogP contribution < -0.4 is 4.89 Å². The van der Waals surface area contributed by atoms with Gasteiger partial charge in [-0.25, -0.2) is 4.99 Å². The first-order chi connectivity index (χ1) is 11.4. The fraction of sp³-hybridized carbons (Fsp3) is 0.909. The van der Waals surface area contributed by atoms with Gasteiger partial charge in [-0.15, -0.1) is 0 Å². The Labute approximate surface area is 148 Å². The number of guanidine groups is 1. The third-order valence-electron chi connectivity index (χ3n) is 2.62. The number of nitrogens with zero attached hydrogens (tertiary/aromatic N) is 3. The average Bonchev–Trinajstić information content (AvgIpc) is 2.34. The molecule has 0 aliphatic rings. The van der Waals surface area contributed by atoms with Crippen LogP contribution in [0.2, 0.25) is 0 Å². The molecule has 0 saturated heterocycles. The average molecular weight is 445 g/mol. The van der Waals surface area contributed by atoms with Gasteiger partial charge in [-0.05, 0) is 0 Å². The van der Waals surface area contributed by atoms with Crippen molar-refractivity contribution < 1.29 is 57.8 Å². The summed E-state index contributed by atoms with van der Waals surface area (Å²) in [5, 5.41) is 0. The summed E-state index contributed by atoms with van der Waals surface area (Å²) in [6.45, 7) is 0. The van der Waals surface area contributed by atoms with Crippen LogP contribution in [-0.2, 0) is 4.57 Å². The summed E-state index contributed by atoms with van der Waals surface area (Å²) in [7, 11) is 3.62. The molecule has 0 spiro atoms. The molecule has 0 N–H and O–H groups in total. The zero-order valence-electron chi connectivity index (χ0n) is 14.9. The number of quaternary nitrogens is 1. The van der Waals surface area contributed by atoms with Gasteiger partial charge in [-0.2, -0.15) is 43.9 Å². The predicted octanol–water partition coefficient (Wildman–Crippen LogP) is 3.18. The van der Waals surface area contributed by atoms with Crippen molar-refractivity contribution in [2.45, 2.75) is 23.7 Å². The molecule has 0 aliphatic heterocycles. The molecule has 0 unspecified atom stereocenters. The molecule has 5 nitrogen and oxygen atoms in total. The van der Waals surface area contributed by atoms with E-state index in [4.69, 9.17) is 0 Å². The number of halogens is 10. The summed E-state index contributed by atoms with van der Waals surface area (Å²) in [5.74, 6) is 1.07. The molecule has 0 rings (SSSR count). The predicted molar refractivity (Wildman–Crippen MR) is 74.7 cm³/mol. The Bertz CT molecular complexity index is 548. The summed E-state index contributed by atoms with van der Waals surface area (Å²) in [6, 6.07) is 0. The Morgan fingerprint density at radius 2 is 1.11 bits per heavy atom. The van der Waals surface area contributed by atoms with E-state index >= 15 is 0 Å². The summed E-state index contributed by atoms with van der Waals surface area (Å²) in [5.41, 5.74) is -14.4. The van der Waals surface area contributed by atoms with Gasteiger partial charge < -0.3 is 14.4 Å². The van der Waals surface area contributed by atoms with Crippen LogP contribution in [0.25, 0.3) is 0 Å². The quantitative estimate of drug-likeness (QED) is 0.216. The van der Waals surface area contributed by atoms with E-state index in [9.17, 15) is 53.4 Å². The summed E-state index contributed by atoms with van der Waals surface area (Å²) >= 11 is 0. The van der Waals surface area contributed by atoms with Gasteiger partial charge in [-0.1, -0.05) is 0 Å². The van der Waals surface area contributed by atoms with Gasteiger partial charge in [0.1, 0.15) is 0 Å². The van der Waals surface area contributed by atoms with Crippen LogP contribution >= 0.6 is 7.37 Å². The van der Waals surface area contributed by atoms with Crippen LogP contribution in [0.5, 0.6) is 0 Å². The fourth-order valence-electron chi connectivity index (χ4n) is 1.61. The van der Waals surface area contributed by atoms with E-state index < -0.39 is 31.0 Å². The van der Waals surface area contributed by atoms with E-state index in [0.29, 0.717) is 0 Å². The molecule has 0 fully saturated rings. The smallest absolute Gasteiger partial charge is 0.459 e. The fourth-order valence-corrected chi connectivity index (χ4v) is 2.63. The summed E-state index contributed by atoms with van der Waals surface area (Å²) < 4.78 is 128. The number of alkyl halides is 10. The van der Waals surface area contributed by atoms with E-state index in [1.54, 1.807) is 0 Å². The highest BCUT2D eigenvalue weighted by molar-refractivity contribution is 7.59. The monoisotopic (exact) mass is 445 g/mol. The molecule has 0 radical (unpaired) electrons. The van der Waals surface area contributed by atoms with Crippen LogP contribution in [0, 0.1) is 0 Å². The molecule has 164 valence electrons. The van der Waals surface area contributed by atoms with Crippen molar-refractivity contribution >= 4 is 13.3 Å². The second kappa shape index (κ2) is 8.11. The second-order valence-electron chi connectivity index (χ2n) is 6.06. The number of rotatable bonds is 2.